The lowest BCUT2D eigenvalue weighted by Gasteiger charge is -2.20. The van der Waals surface area contributed by atoms with Crippen molar-refractivity contribution in [2.24, 2.45) is 0 Å². The molecule has 1 nitrogen and oxygen atoms in total. The third-order valence-electron chi connectivity index (χ3n) is 3.66. The summed E-state index contributed by atoms with van der Waals surface area (Å²) in [5, 5.41) is 3.70. The van der Waals surface area contributed by atoms with Crippen molar-refractivity contribution in [3.05, 3.63) is 71.8 Å². The summed E-state index contributed by atoms with van der Waals surface area (Å²) in [6.07, 6.45) is 3.42. The van der Waals surface area contributed by atoms with Crippen LogP contribution in [-0.4, -0.2) is 12.1 Å². The smallest absolute Gasteiger partial charge is 0.00816 e. The first kappa shape index (κ1) is 14.8. The summed E-state index contributed by atoms with van der Waals surface area (Å²) in [4.78, 5) is 0. The first-order chi connectivity index (χ1) is 9.74. The third kappa shape index (κ3) is 5.18. The zero-order valence-electron chi connectivity index (χ0n) is 12.5. The van der Waals surface area contributed by atoms with Crippen LogP contribution in [0.3, 0.4) is 0 Å². The molecular formula is C19H25N. The van der Waals surface area contributed by atoms with E-state index in [1.54, 1.807) is 0 Å². The van der Waals surface area contributed by atoms with Crippen molar-refractivity contribution >= 4 is 0 Å². The van der Waals surface area contributed by atoms with Gasteiger partial charge in [0.25, 0.3) is 0 Å². The van der Waals surface area contributed by atoms with Gasteiger partial charge in [0.05, 0.1) is 0 Å². The van der Waals surface area contributed by atoms with E-state index < -0.39 is 0 Å². The minimum atomic E-state index is 0.517. The van der Waals surface area contributed by atoms with Crippen molar-refractivity contribution in [1.29, 1.82) is 0 Å². The molecule has 0 aliphatic carbocycles. The molecule has 1 N–H and O–H groups in total. The standard InChI is InChI=1S/C19H25N/c1-16(13-14-18-9-5-3-6-10-18)20-17(2)15-19-11-7-4-8-12-19/h3-12,16-17,20H,13-15H2,1-2H3/t16-,17-/m1/s1. The van der Waals surface area contributed by atoms with Crippen LogP contribution in [0.1, 0.15) is 31.4 Å². The molecule has 20 heavy (non-hydrogen) atoms. The first-order valence-corrected chi connectivity index (χ1v) is 7.58. The second-order valence-electron chi connectivity index (χ2n) is 5.68. The molecule has 0 amide bonds. The highest BCUT2D eigenvalue weighted by Crippen LogP contribution is 2.07. The van der Waals surface area contributed by atoms with E-state index in [0.29, 0.717) is 12.1 Å². The van der Waals surface area contributed by atoms with Crippen LogP contribution in [-0.2, 0) is 12.8 Å². The van der Waals surface area contributed by atoms with Gasteiger partial charge in [-0.1, -0.05) is 60.7 Å². The van der Waals surface area contributed by atoms with Crippen LogP contribution in [0, 0.1) is 0 Å². The zero-order valence-corrected chi connectivity index (χ0v) is 12.5. The highest BCUT2D eigenvalue weighted by molar-refractivity contribution is 5.16. The summed E-state index contributed by atoms with van der Waals surface area (Å²) in [6, 6.07) is 22.5. The summed E-state index contributed by atoms with van der Waals surface area (Å²) >= 11 is 0. The number of benzene rings is 2. The number of hydrogen-bond acceptors (Lipinski definition) is 1. The lowest BCUT2D eigenvalue weighted by atomic mass is 10.0. The quantitative estimate of drug-likeness (QED) is 0.791. The Balaban J connectivity index is 1.72. The summed E-state index contributed by atoms with van der Waals surface area (Å²) < 4.78 is 0. The predicted molar refractivity (Wildman–Crippen MR) is 87.0 cm³/mol. The molecule has 0 aromatic heterocycles. The van der Waals surface area contributed by atoms with E-state index in [4.69, 9.17) is 0 Å². The van der Waals surface area contributed by atoms with Gasteiger partial charge in [-0.15, -0.1) is 0 Å². The Labute approximate surface area is 123 Å². The Hall–Kier alpha value is -1.60. The van der Waals surface area contributed by atoms with Crippen LogP contribution in [0.15, 0.2) is 60.7 Å². The van der Waals surface area contributed by atoms with E-state index in [1.165, 1.54) is 17.5 Å². The minimum absolute atomic E-state index is 0.517. The SMILES string of the molecule is C[C@H](CCc1ccccc1)N[C@H](C)Cc1ccccc1. The van der Waals surface area contributed by atoms with Gasteiger partial charge in [-0.05, 0) is 44.2 Å². The Bertz CT molecular complexity index is 478. The van der Waals surface area contributed by atoms with Crippen molar-refractivity contribution in [2.75, 3.05) is 0 Å². The Morgan fingerprint density at radius 3 is 1.90 bits per heavy atom. The number of rotatable bonds is 7. The average molecular weight is 267 g/mol. The summed E-state index contributed by atoms with van der Waals surface area (Å²) in [5.74, 6) is 0. The Morgan fingerprint density at radius 2 is 1.30 bits per heavy atom. The van der Waals surface area contributed by atoms with E-state index in [0.717, 1.165) is 12.8 Å². The number of nitrogens with one attached hydrogen (secondary N) is 1. The van der Waals surface area contributed by atoms with Crippen molar-refractivity contribution in [1.82, 2.24) is 5.32 Å². The maximum Gasteiger partial charge on any atom is 0.00816 e. The Morgan fingerprint density at radius 1 is 0.750 bits per heavy atom. The highest BCUT2D eigenvalue weighted by Gasteiger charge is 2.08. The first-order valence-electron chi connectivity index (χ1n) is 7.58. The third-order valence-corrected chi connectivity index (χ3v) is 3.66. The van der Waals surface area contributed by atoms with Gasteiger partial charge >= 0.3 is 0 Å². The fourth-order valence-corrected chi connectivity index (χ4v) is 2.62. The van der Waals surface area contributed by atoms with Crippen LogP contribution < -0.4 is 5.32 Å². The predicted octanol–water partition coefficient (Wildman–Crippen LogP) is 4.23. The van der Waals surface area contributed by atoms with Gasteiger partial charge in [0.2, 0.25) is 0 Å². The van der Waals surface area contributed by atoms with E-state index in [9.17, 15) is 0 Å². The lowest BCUT2D eigenvalue weighted by Crippen LogP contribution is -2.36. The van der Waals surface area contributed by atoms with Crippen LogP contribution in [0.5, 0.6) is 0 Å². The van der Waals surface area contributed by atoms with Crippen molar-refractivity contribution in [3.63, 3.8) is 0 Å². The molecule has 0 heterocycles. The highest BCUT2D eigenvalue weighted by atomic mass is 14.9. The average Bonchev–Trinajstić information content (AvgIpc) is 2.47. The fourth-order valence-electron chi connectivity index (χ4n) is 2.62. The topological polar surface area (TPSA) is 12.0 Å². The van der Waals surface area contributed by atoms with Gasteiger partial charge in [0.1, 0.15) is 0 Å². The molecule has 0 fully saturated rings. The number of aryl methyl sites for hydroxylation is 1. The molecule has 1 heteroatoms. The van der Waals surface area contributed by atoms with Crippen LogP contribution >= 0.6 is 0 Å². The Kier molecular flexibility index (Phi) is 5.82. The molecular weight excluding hydrogens is 242 g/mol. The van der Waals surface area contributed by atoms with Crippen LogP contribution in [0.4, 0.5) is 0 Å². The van der Waals surface area contributed by atoms with Crippen molar-refractivity contribution in [2.45, 2.75) is 45.2 Å². The fraction of sp³-hybridized carbons (Fsp3) is 0.368. The molecule has 0 radical (unpaired) electrons. The summed E-state index contributed by atoms with van der Waals surface area (Å²) in [6.45, 7) is 4.55. The molecule has 106 valence electrons. The van der Waals surface area contributed by atoms with Gasteiger partial charge in [-0.2, -0.15) is 0 Å². The maximum atomic E-state index is 3.70. The monoisotopic (exact) mass is 267 g/mol. The molecule has 0 spiro atoms. The molecule has 2 atom stereocenters. The summed E-state index contributed by atoms with van der Waals surface area (Å²) in [5.41, 5.74) is 2.83. The second-order valence-corrected chi connectivity index (χ2v) is 5.68. The molecule has 0 aliphatic heterocycles. The lowest BCUT2D eigenvalue weighted by molar-refractivity contribution is 0.444. The van der Waals surface area contributed by atoms with E-state index >= 15 is 0 Å². The van der Waals surface area contributed by atoms with Gasteiger partial charge in [0.15, 0.2) is 0 Å². The molecule has 2 aromatic rings. The molecule has 2 aromatic carbocycles. The maximum absolute atomic E-state index is 3.70. The van der Waals surface area contributed by atoms with Crippen molar-refractivity contribution in [3.8, 4) is 0 Å². The van der Waals surface area contributed by atoms with E-state index in [1.807, 2.05) is 0 Å². The van der Waals surface area contributed by atoms with E-state index in [2.05, 4.69) is 79.8 Å². The zero-order chi connectivity index (χ0) is 14.2. The molecule has 2 rings (SSSR count). The van der Waals surface area contributed by atoms with Crippen LogP contribution in [0.2, 0.25) is 0 Å². The van der Waals surface area contributed by atoms with Gasteiger partial charge in [-0.25, -0.2) is 0 Å². The molecule has 0 aliphatic rings. The van der Waals surface area contributed by atoms with Crippen molar-refractivity contribution < 1.29 is 0 Å². The van der Waals surface area contributed by atoms with E-state index in [-0.39, 0.29) is 0 Å². The minimum Gasteiger partial charge on any atom is -0.311 e. The van der Waals surface area contributed by atoms with Crippen LogP contribution in [0.25, 0.3) is 0 Å². The van der Waals surface area contributed by atoms with Gasteiger partial charge < -0.3 is 5.32 Å². The summed E-state index contributed by atoms with van der Waals surface area (Å²) in [7, 11) is 0. The molecule has 0 bridgehead atoms. The second kappa shape index (κ2) is 7.86. The van der Waals surface area contributed by atoms with Gasteiger partial charge in [0, 0.05) is 12.1 Å². The molecule has 0 unspecified atom stereocenters. The number of hydrogen-bond donors (Lipinski definition) is 1. The molecule has 0 saturated carbocycles. The normalized spacial score (nSPS) is 13.9. The molecule has 0 saturated heterocycles. The van der Waals surface area contributed by atoms with Gasteiger partial charge in [-0.3, -0.25) is 0 Å². The largest absolute Gasteiger partial charge is 0.311 e.